The minimum Gasteiger partial charge on any atom is -0.399 e. The highest BCUT2D eigenvalue weighted by Crippen LogP contribution is 2.21. The van der Waals surface area contributed by atoms with Crippen molar-refractivity contribution in [2.45, 2.75) is 13.8 Å². The second-order valence-corrected chi connectivity index (χ2v) is 7.15. The van der Waals surface area contributed by atoms with Gasteiger partial charge in [0.25, 0.3) is 5.91 Å². The summed E-state index contributed by atoms with van der Waals surface area (Å²) in [5.41, 5.74) is 22.0. The quantitative estimate of drug-likeness (QED) is 0.435. The van der Waals surface area contributed by atoms with Crippen LogP contribution in [0.5, 0.6) is 0 Å². The minimum absolute atomic E-state index is 0.0443. The molecule has 164 valence electrons. The molecule has 0 unspecified atom stereocenters. The molecule has 6 nitrogen and oxygen atoms in total. The van der Waals surface area contributed by atoms with Crippen LogP contribution < -0.4 is 22.5 Å². The fourth-order valence-electron chi connectivity index (χ4n) is 2.96. The Morgan fingerprint density at radius 3 is 1.48 bits per heavy atom. The van der Waals surface area contributed by atoms with E-state index in [2.05, 4.69) is 24.1 Å². The number of nitrogens with zero attached hydrogens (tertiary/aromatic N) is 1. The van der Waals surface area contributed by atoms with Gasteiger partial charge in [-0.2, -0.15) is 0 Å². The van der Waals surface area contributed by atoms with Crippen molar-refractivity contribution in [1.82, 2.24) is 10.2 Å². The molecule has 0 heterocycles. The smallest absolute Gasteiger partial charge is 0.251 e. The number of rotatable bonds is 7. The van der Waals surface area contributed by atoms with Crippen LogP contribution >= 0.6 is 0 Å². The van der Waals surface area contributed by atoms with Gasteiger partial charge in [0.1, 0.15) is 0 Å². The number of carbonyl (C=O) groups is 1. The lowest BCUT2D eigenvalue weighted by Gasteiger charge is -2.17. The highest BCUT2D eigenvalue weighted by atomic mass is 16.1. The van der Waals surface area contributed by atoms with Gasteiger partial charge < -0.3 is 27.4 Å². The average molecular weight is 420 g/mol. The van der Waals surface area contributed by atoms with E-state index in [-0.39, 0.29) is 5.91 Å². The fourth-order valence-corrected chi connectivity index (χ4v) is 2.96. The predicted octanol–water partition coefficient (Wildman–Crippen LogP) is 3.86. The van der Waals surface area contributed by atoms with Crippen LogP contribution in [0.3, 0.4) is 0 Å². The molecule has 0 aliphatic rings. The molecule has 3 rings (SSSR count). The first kappa shape index (κ1) is 23.8. The van der Waals surface area contributed by atoms with Crippen molar-refractivity contribution < 1.29 is 4.79 Å². The first-order valence-corrected chi connectivity index (χ1v) is 10.5. The van der Waals surface area contributed by atoms with Crippen LogP contribution in [-0.2, 0) is 0 Å². The molecule has 0 saturated heterocycles. The lowest BCUT2D eigenvalue weighted by Crippen LogP contribution is -2.34. The number of carbonyl (C=O) groups excluding carboxylic acids is 1. The molecular weight excluding hydrogens is 386 g/mol. The second kappa shape index (κ2) is 12.2. The van der Waals surface area contributed by atoms with Gasteiger partial charge in [-0.15, -0.1) is 0 Å². The zero-order chi connectivity index (χ0) is 22.6. The monoisotopic (exact) mass is 419 g/mol. The third-order valence-electron chi connectivity index (χ3n) is 4.94. The molecular formula is C25H33N5O. The van der Waals surface area contributed by atoms with Crippen molar-refractivity contribution in [2.75, 3.05) is 43.4 Å². The van der Waals surface area contributed by atoms with Gasteiger partial charge in [-0.1, -0.05) is 38.1 Å². The van der Waals surface area contributed by atoms with Gasteiger partial charge in [0.2, 0.25) is 0 Å². The minimum atomic E-state index is -0.0443. The van der Waals surface area contributed by atoms with Gasteiger partial charge in [-0.25, -0.2) is 0 Å². The number of amides is 1. The van der Waals surface area contributed by atoms with Gasteiger partial charge in [-0.05, 0) is 72.7 Å². The number of likely N-dealkylation sites (N-methyl/N-ethyl adjacent to an activating group) is 1. The Hall–Kier alpha value is -3.51. The highest BCUT2D eigenvalue weighted by molar-refractivity contribution is 5.94. The van der Waals surface area contributed by atoms with E-state index in [1.54, 1.807) is 24.3 Å². The van der Waals surface area contributed by atoms with E-state index in [1.807, 2.05) is 48.5 Å². The van der Waals surface area contributed by atoms with Crippen LogP contribution in [0.1, 0.15) is 24.2 Å². The summed E-state index contributed by atoms with van der Waals surface area (Å²) in [5, 5.41) is 2.90. The summed E-state index contributed by atoms with van der Waals surface area (Å²) in [5.74, 6) is -0.0443. The number of anilines is 3. The van der Waals surface area contributed by atoms with Gasteiger partial charge in [0.15, 0.2) is 0 Å². The van der Waals surface area contributed by atoms with Crippen molar-refractivity contribution in [3.8, 4) is 11.1 Å². The van der Waals surface area contributed by atoms with Crippen LogP contribution in [0.15, 0.2) is 72.8 Å². The van der Waals surface area contributed by atoms with E-state index in [9.17, 15) is 4.79 Å². The number of nitrogen functional groups attached to an aromatic ring is 3. The molecule has 0 saturated carbocycles. The molecule has 0 fully saturated rings. The third-order valence-corrected chi connectivity index (χ3v) is 4.94. The molecule has 0 aliphatic heterocycles. The van der Waals surface area contributed by atoms with E-state index >= 15 is 0 Å². The van der Waals surface area contributed by atoms with Crippen molar-refractivity contribution in [3.05, 3.63) is 78.4 Å². The molecule has 31 heavy (non-hydrogen) atoms. The standard InChI is InChI=1S/C13H21N3O.C12H12N2/c1-3-16(4-2)10-9-15-13(17)11-5-7-12(14)8-6-11;13-11-5-1-9(2-6-11)10-3-7-12(14)8-4-10/h5-8H,3-4,9-10,14H2,1-2H3,(H,15,17);1-8H,13-14H2. The molecule has 0 radical (unpaired) electrons. The molecule has 0 aliphatic carbocycles. The van der Waals surface area contributed by atoms with Crippen LogP contribution in [0.25, 0.3) is 11.1 Å². The lowest BCUT2D eigenvalue weighted by molar-refractivity contribution is 0.0949. The molecule has 0 aromatic heterocycles. The number of hydrogen-bond acceptors (Lipinski definition) is 5. The summed E-state index contributed by atoms with van der Waals surface area (Å²) in [7, 11) is 0. The van der Waals surface area contributed by atoms with Gasteiger partial charge in [0, 0.05) is 35.7 Å². The lowest BCUT2D eigenvalue weighted by atomic mass is 10.1. The SMILES string of the molecule is CCN(CC)CCNC(=O)c1ccc(N)cc1.Nc1ccc(-c2ccc(N)cc2)cc1. The molecule has 0 bridgehead atoms. The Morgan fingerprint density at radius 2 is 1.10 bits per heavy atom. The average Bonchev–Trinajstić information content (AvgIpc) is 2.79. The number of benzene rings is 3. The predicted molar refractivity (Wildman–Crippen MR) is 132 cm³/mol. The molecule has 6 heteroatoms. The maximum Gasteiger partial charge on any atom is 0.251 e. The first-order chi connectivity index (χ1) is 14.9. The van der Waals surface area contributed by atoms with E-state index in [1.165, 1.54) is 0 Å². The van der Waals surface area contributed by atoms with Crippen LogP contribution in [0.4, 0.5) is 17.1 Å². The maximum absolute atomic E-state index is 11.7. The number of nitrogens with one attached hydrogen (secondary N) is 1. The maximum atomic E-state index is 11.7. The Balaban J connectivity index is 0.000000224. The van der Waals surface area contributed by atoms with Crippen molar-refractivity contribution in [1.29, 1.82) is 0 Å². The summed E-state index contributed by atoms with van der Waals surface area (Å²) in [6.07, 6.45) is 0. The summed E-state index contributed by atoms with van der Waals surface area (Å²) < 4.78 is 0. The Kier molecular flexibility index (Phi) is 9.39. The van der Waals surface area contributed by atoms with E-state index in [0.29, 0.717) is 17.8 Å². The van der Waals surface area contributed by atoms with Crippen LogP contribution in [0, 0.1) is 0 Å². The van der Waals surface area contributed by atoms with Crippen molar-refractivity contribution >= 4 is 23.0 Å². The summed E-state index contributed by atoms with van der Waals surface area (Å²) in [6.45, 7) is 7.80. The summed E-state index contributed by atoms with van der Waals surface area (Å²) in [4.78, 5) is 14.0. The molecule has 7 N–H and O–H groups in total. The highest BCUT2D eigenvalue weighted by Gasteiger charge is 2.05. The Bertz CT molecular complexity index is 874. The molecule has 3 aromatic rings. The molecule has 1 amide bonds. The topological polar surface area (TPSA) is 110 Å². The molecule has 0 spiro atoms. The van der Waals surface area contributed by atoms with Crippen LogP contribution in [-0.4, -0.2) is 37.0 Å². The van der Waals surface area contributed by atoms with E-state index in [0.717, 1.165) is 42.1 Å². The van der Waals surface area contributed by atoms with Crippen LogP contribution in [0.2, 0.25) is 0 Å². The van der Waals surface area contributed by atoms with E-state index in [4.69, 9.17) is 17.2 Å². The second-order valence-electron chi connectivity index (χ2n) is 7.15. The fraction of sp³-hybridized carbons (Fsp3) is 0.240. The zero-order valence-corrected chi connectivity index (χ0v) is 18.3. The Morgan fingerprint density at radius 1 is 0.710 bits per heavy atom. The summed E-state index contributed by atoms with van der Waals surface area (Å²) >= 11 is 0. The normalized spacial score (nSPS) is 10.3. The number of nitrogens with two attached hydrogens (primary N) is 3. The third kappa shape index (κ3) is 8.03. The number of hydrogen-bond donors (Lipinski definition) is 4. The Labute approximate surface area is 185 Å². The largest absolute Gasteiger partial charge is 0.399 e. The zero-order valence-electron chi connectivity index (χ0n) is 18.3. The van der Waals surface area contributed by atoms with Crippen molar-refractivity contribution in [2.24, 2.45) is 0 Å². The van der Waals surface area contributed by atoms with Gasteiger partial charge in [-0.3, -0.25) is 4.79 Å². The van der Waals surface area contributed by atoms with Gasteiger partial charge in [0.05, 0.1) is 0 Å². The van der Waals surface area contributed by atoms with Gasteiger partial charge >= 0.3 is 0 Å². The summed E-state index contributed by atoms with van der Waals surface area (Å²) in [6, 6.07) is 22.5. The van der Waals surface area contributed by atoms with E-state index < -0.39 is 0 Å². The van der Waals surface area contributed by atoms with Crippen molar-refractivity contribution in [3.63, 3.8) is 0 Å². The first-order valence-electron chi connectivity index (χ1n) is 10.5. The molecule has 0 atom stereocenters. The molecule has 3 aromatic carbocycles.